The first-order chi connectivity index (χ1) is 8.91. The summed E-state index contributed by atoms with van der Waals surface area (Å²) >= 11 is 0. The summed E-state index contributed by atoms with van der Waals surface area (Å²) in [4.78, 5) is 60.0. The Hall–Kier alpha value is -2.25. The largest absolute Gasteiger partial charge is 0.340 e. The molecule has 19 heavy (non-hydrogen) atoms. The fourth-order valence-corrected chi connectivity index (χ4v) is 1.99. The van der Waals surface area contributed by atoms with E-state index in [4.69, 9.17) is 0 Å². The van der Waals surface area contributed by atoms with Crippen LogP contribution in [0.5, 0.6) is 0 Å². The predicted molar refractivity (Wildman–Crippen MR) is 60.7 cm³/mol. The van der Waals surface area contributed by atoms with E-state index in [9.17, 15) is 24.0 Å². The number of piperidine rings is 1. The Morgan fingerprint density at radius 2 is 1.63 bits per heavy atom. The molecule has 2 heterocycles. The van der Waals surface area contributed by atoms with Crippen molar-refractivity contribution < 1.29 is 24.0 Å². The summed E-state index contributed by atoms with van der Waals surface area (Å²) in [5.41, 5.74) is 0. The minimum absolute atomic E-state index is 0.0901. The van der Waals surface area contributed by atoms with Gasteiger partial charge in [0.15, 0.2) is 0 Å². The standard InChI is InChI=1S/C11H13N3O5/c1-12-9(17)10(18)14(11(12)19)6-8(16)13-4-2-7(15)3-5-13/h2-6H2,1H3. The SMILES string of the molecule is CN1C(=O)C(=O)N(CC(=O)N2CCC(=O)CC2)C1=O. The van der Waals surface area contributed by atoms with Crippen molar-refractivity contribution in [2.75, 3.05) is 26.7 Å². The van der Waals surface area contributed by atoms with Gasteiger partial charge in [0.05, 0.1) is 0 Å². The molecule has 2 rings (SSSR count). The highest BCUT2D eigenvalue weighted by molar-refractivity contribution is 6.44. The zero-order valence-corrected chi connectivity index (χ0v) is 10.4. The summed E-state index contributed by atoms with van der Waals surface area (Å²) in [5, 5.41) is 0. The number of carbonyl (C=O) groups is 5. The molecule has 2 fully saturated rings. The van der Waals surface area contributed by atoms with Gasteiger partial charge >= 0.3 is 17.8 Å². The van der Waals surface area contributed by atoms with Gasteiger partial charge < -0.3 is 4.90 Å². The highest BCUT2D eigenvalue weighted by Gasteiger charge is 2.43. The maximum Gasteiger partial charge on any atom is 0.334 e. The van der Waals surface area contributed by atoms with Crippen molar-refractivity contribution in [1.29, 1.82) is 0 Å². The van der Waals surface area contributed by atoms with Crippen LogP contribution in [-0.2, 0) is 19.2 Å². The summed E-state index contributed by atoms with van der Waals surface area (Å²) in [6, 6.07) is -0.795. The zero-order valence-electron chi connectivity index (χ0n) is 10.4. The van der Waals surface area contributed by atoms with Crippen LogP contribution in [0.1, 0.15) is 12.8 Å². The number of hydrogen-bond donors (Lipinski definition) is 0. The number of carbonyl (C=O) groups excluding carboxylic acids is 5. The third-order valence-corrected chi connectivity index (χ3v) is 3.22. The number of likely N-dealkylation sites (N-methyl/N-ethyl adjacent to an activating group) is 1. The van der Waals surface area contributed by atoms with Crippen LogP contribution in [0.3, 0.4) is 0 Å². The van der Waals surface area contributed by atoms with E-state index in [0.717, 1.165) is 0 Å². The average molecular weight is 267 g/mol. The molecule has 2 aliphatic rings. The number of ketones is 1. The van der Waals surface area contributed by atoms with Gasteiger partial charge in [-0.05, 0) is 0 Å². The molecule has 0 aliphatic carbocycles. The molecule has 8 heteroatoms. The molecule has 0 aromatic rings. The normalized spacial score (nSPS) is 20.6. The molecule has 0 radical (unpaired) electrons. The third kappa shape index (κ3) is 2.33. The molecule has 0 unspecified atom stereocenters. The number of nitrogens with zero attached hydrogens (tertiary/aromatic N) is 3. The van der Waals surface area contributed by atoms with E-state index in [0.29, 0.717) is 9.80 Å². The first kappa shape index (κ1) is 13.2. The molecule has 0 saturated carbocycles. The van der Waals surface area contributed by atoms with Crippen molar-refractivity contribution in [3.05, 3.63) is 0 Å². The summed E-state index contributed by atoms with van der Waals surface area (Å²) in [7, 11) is 1.19. The van der Waals surface area contributed by atoms with Gasteiger partial charge in [0.25, 0.3) is 0 Å². The van der Waals surface area contributed by atoms with Crippen LogP contribution in [0.2, 0.25) is 0 Å². The lowest BCUT2D eigenvalue weighted by atomic mass is 10.1. The lowest BCUT2D eigenvalue weighted by molar-refractivity contribution is -0.145. The molecule has 2 saturated heterocycles. The van der Waals surface area contributed by atoms with Crippen LogP contribution in [0.25, 0.3) is 0 Å². The van der Waals surface area contributed by atoms with Crippen molar-refractivity contribution in [3.63, 3.8) is 0 Å². The third-order valence-electron chi connectivity index (χ3n) is 3.22. The molecule has 0 aromatic heterocycles. The Labute approximate surface area is 108 Å². The Kier molecular flexibility index (Phi) is 3.32. The minimum atomic E-state index is -0.992. The van der Waals surface area contributed by atoms with E-state index < -0.39 is 30.3 Å². The van der Waals surface area contributed by atoms with Gasteiger partial charge in [-0.2, -0.15) is 0 Å². The predicted octanol–water partition coefficient (Wildman–Crippen LogP) is -1.40. The number of urea groups is 1. The van der Waals surface area contributed by atoms with E-state index >= 15 is 0 Å². The second-order valence-corrected chi connectivity index (χ2v) is 4.46. The lowest BCUT2D eigenvalue weighted by Gasteiger charge is -2.27. The molecule has 0 atom stereocenters. The van der Waals surface area contributed by atoms with Gasteiger partial charge in [-0.3, -0.25) is 24.1 Å². The quantitative estimate of drug-likeness (QED) is 0.453. The van der Waals surface area contributed by atoms with Crippen LogP contribution >= 0.6 is 0 Å². The van der Waals surface area contributed by atoms with Gasteiger partial charge in [0, 0.05) is 33.0 Å². The molecule has 8 nitrogen and oxygen atoms in total. The first-order valence-electron chi connectivity index (χ1n) is 5.85. The fraction of sp³-hybridized carbons (Fsp3) is 0.545. The lowest BCUT2D eigenvalue weighted by Crippen LogP contribution is -2.46. The Bertz CT molecular complexity index is 477. The van der Waals surface area contributed by atoms with Gasteiger partial charge in [-0.25, -0.2) is 9.69 Å². The van der Waals surface area contributed by atoms with Crippen LogP contribution in [0.4, 0.5) is 4.79 Å². The van der Waals surface area contributed by atoms with E-state index in [2.05, 4.69) is 0 Å². The second kappa shape index (κ2) is 4.79. The number of amides is 5. The number of likely N-dealkylation sites (tertiary alicyclic amines) is 1. The van der Waals surface area contributed by atoms with Crippen LogP contribution in [0, 0.1) is 0 Å². The fourth-order valence-electron chi connectivity index (χ4n) is 1.99. The Balaban J connectivity index is 1.99. The Morgan fingerprint density at radius 1 is 1.05 bits per heavy atom. The van der Waals surface area contributed by atoms with Gasteiger partial charge in [0.1, 0.15) is 12.3 Å². The second-order valence-electron chi connectivity index (χ2n) is 4.46. The number of rotatable bonds is 2. The molecule has 2 aliphatic heterocycles. The van der Waals surface area contributed by atoms with Crippen LogP contribution in [0.15, 0.2) is 0 Å². The van der Waals surface area contributed by atoms with Crippen molar-refractivity contribution >= 4 is 29.5 Å². The molecule has 0 N–H and O–H groups in total. The molecule has 0 spiro atoms. The van der Waals surface area contributed by atoms with Crippen LogP contribution < -0.4 is 0 Å². The smallest absolute Gasteiger partial charge is 0.334 e. The number of imide groups is 2. The maximum atomic E-state index is 11.9. The highest BCUT2D eigenvalue weighted by Crippen LogP contribution is 2.12. The molecular weight excluding hydrogens is 254 g/mol. The minimum Gasteiger partial charge on any atom is -0.340 e. The molecule has 0 bridgehead atoms. The van der Waals surface area contributed by atoms with E-state index in [1.807, 2.05) is 0 Å². The van der Waals surface area contributed by atoms with E-state index in [-0.39, 0.29) is 31.7 Å². The maximum absolute atomic E-state index is 11.9. The van der Waals surface area contributed by atoms with Crippen molar-refractivity contribution in [3.8, 4) is 0 Å². The zero-order chi connectivity index (χ0) is 14.2. The number of hydrogen-bond acceptors (Lipinski definition) is 5. The van der Waals surface area contributed by atoms with Crippen molar-refractivity contribution in [2.24, 2.45) is 0 Å². The molecular formula is C11H13N3O5. The topological polar surface area (TPSA) is 95.1 Å². The van der Waals surface area contributed by atoms with E-state index in [1.54, 1.807) is 0 Å². The Morgan fingerprint density at radius 3 is 2.11 bits per heavy atom. The summed E-state index contributed by atoms with van der Waals surface area (Å²) in [5.74, 6) is -2.27. The van der Waals surface area contributed by atoms with Gasteiger partial charge in [-0.15, -0.1) is 0 Å². The molecule has 5 amide bonds. The number of Topliss-reactive ketones (excluding diaryl/α,β-unsaturated/α-hetero) is 1. The summed E-state index contributed by atoms with van der Waals surface area (Å²) < 4.78 is 0. The average Bonchev–Trinajstić information content (AvgIpc) is 2.57. The van der Waals surface area contributed by atoms with Crippen LogP contribution in [-0.4, -0.2) is 70.9 Å². The molecule has 102 valence electrons. The first-order valence-corrected chi connectivity index (χ1v) is 5.85. The van der Waals surface area contributed by atoms with Crippen molar-refractivity contribution in [2.45, 2.75) is 12.8 Å². The van der Waals surface area contributed by atoms with Crippen molar-refractivity contribution in [1.82, 2.24) is 14.7 Å². The summed E-state index contributed by atoms with van der Waals surface area (Å²) in [6.45, 7) is 0.122. The monoisotopic (exact) mass is 267 g/mol. The van der Waals surface area contributed by atoms with Gasteiger partial charge in [0.2, 0.25) is 5.91 Å². The highest BCUT2D eigenvalue weighted by atomic mass is 16.2. The molecule has 0 aromatic carbocycles. The summed E-state index contributed by atoms with van der Waals surface area (Å²) in [6.07, 6.45) is 0.568. The van der Waals surface area contributed by atoms with E-state index in [1.165, 1.54) is 11.9 Å². The van der Waals surface area contributed by atoms with Gasteiger partial charge in [-0.1, -0.05) is 0 Å².